The summed E-state index contributed by atoms with van der Waals surface area (Å²) in [5.74, 6) is -0.539. The lowest BCUT2D eigenvalue weighted by Gasteiger charge is -2.35. The molecule has 9 nitrogen and oxygen atoms in total. The average Bonchev–Trinajstić information content (AvgIpc) is 3.46. The molecule has 1 saturated carbocycles. The third-order valence-electron chi connectivity index (χ3n) is 7.98. The molecule has 2 amide bonds. The number of nitrogens with zero attached hydrogens (tertiary/aromatic N) is 2. The average molecular weight is 542 g/mol. The lowest BCUT2D eigenvalue weighted by molar-refractivity contribution is -0.150. The van der Waals surface area contributed by atoms with Crippen LogP contribution < -0.4 is 10.1 Å². The van der Waals surface area contributed by atoms with Gasteiger partial charge in [0.1, 0.15) is 17.8 Å². The monoisotopic (exact) mass is 541 g/mol. The van der Waals surface area contributed by atoms with Crippen LogP contribution in [0.5, 0.6) is 5.75 Å². The van der Waals surface area contributed by atoms with Crippen molar-refractivity contribution in [3.05, 3.63) is 29.8 Å². The SMILES string of the molecule is CC(C)Oc1ccc(C2=NO[C@]3(C2)C[C@@H](C(=O)O)N(C(=O)[C@@H](NC(=O)CC2CCCCC2)C(C)(C)C)C3)cc1. The second-order valence-electron chi connectivity index (χ2n) is 12.8. The van der Waals surface area contributed by atoms with Gasteiger partial charge in [-0.25, -0.2) is 4.79 Å². The quantitative estimate of drug-likeness (QED) is 0.500. The topological polar surface area (TPSA) is 118 Å². The van der Waals surface area contributed by atoms with Gasteiger partial charge in [0.2, 0.25) is 11.8 Å². The summed E-state index contributed by atoms with van der Waals surface area (Å²) in [5, 5.41) is 17.3. The van der Waals surface area contributed by atoms with E-state index in [0.717, 1.165) is 37.0 Å². The first-order valence-electron chi connectivity index (χ1n) is 14.2. The molecule has 0 aromatic heterocycles. The molecule has 1 spiro atoms. The molecular formula is C30H43N3O6. The van der Waals surface area contributed by atoms with E-state index in [1.165, 1.54) is 11.3 Å². The summed E-state index contributed by atoms with van der Waals surface area (Å²) in [6.45, 7) is 9.68. The van der Waals surface area contributed by atoms with Gasteiger partial charge in [0.15, 0.2) is 5.60 Å². The van der Waals surface area contributed by atoms with Crippen LogP contribution >= 0.6 is 0 Å². The van der Waals surface area contributed by atoms with Gasteiger partial charge >= 0.3 is 5.97 Å². The highest BCUT2D eigenvalue weighted by atomic mass is 16.7. The molecule has 2 fully saturated rings. The third kappa shape index (κ3) is 6.92. The minimum Gasteiger partial charge on any atom is -0.491 e. The summed E-state index contributed by atoms with van der Waals surface area (Å²) in [6.07, 6.45) is 6.52. The molecule has 9 heteroatoms. The van der Waals surface area contributed by atoms with Gasteiger partial charge in [-0.15, -0.1) is 0 Å². The summed E-state index contributed by atoms with van der Waals surface area (Å²) in [5.41, 5.74) is 0.0473. The van der Waals surface area contributed by atoms with Crippen LogP contribution in [0.4, 0.5) is 0 Å². The maximum absolute atomic E-state index is 13.9. The Morgan fingerprint density at radius 2 is 1.82 bits per heavy atom. The fourth-order valence-corrected chi connectivity index (χ4v) is 5.96. The van der Waals surface area contributed by atoms with E-state index in [9.17, 15) is 19.5 Å². The van der Waals surface area contributed by atoms with Gasteiger partial charge in [-0.05, 0) is 67.9 Å². The number of hydrogen-bond donors (Lipinski definition) is 2. The number of benzene rings is 1. The number of nitrogens with one attached hydrogen (secondary N) is 1. The third-order valence-corrected chi connectivity index (χ3v) is 7.98. The molecule has 39 heavy (non-hydrogen) atoms. The molecule has 0 radical (unpaired) electrons. The first-order chi connectivity index (χ1) is 18.4. The highest BCUT2D eigenvalue weighted by molar-refractivity contribution is 6.02. The number of carboxylic acids is 1. The number of oxime groups is 1. The number of ether oxygens (including phenoxy) is 1. The normalized spacial score (nSPS) is 24.4. The largest absolute Gasteiger partial charge is 0.491 e. The summed E-state index contributed by atoms with van der Waals surface area (Å²) in [7, 11) is 0. The fourth-order valence-electron chi connectivity index (χ4n) is 5.96. The van der Waals surface area contributed by atoms with Crippen molar-refractivity contribution >= 4 is 23.5 Å². The molecule has 3 atom stereocenters. The van der Waals surface area contributed by atoms with E-state index < -0.39 is 35.0 Å². The smallest absolute Gasteiger partial charge is 0.326 e. The van der Waals surface area contributed by atoms with Crippen molar-refractivity contribution in [2.24, 2.45) is 16.5 Å². The minimum atomic E-state index is -1.09. The maximum Gasteiger partial charge on any atom is 0.326 e. The zero-order chi connectivity index (χ0) is 28.4. The van der Waals surface area contributed by atoms with Crippen LogP contribution in [0.25, 0.3) is 0 Å². The molecule has 1 aromatic carbocycles. The summed E-state index contributed by atoms with van der Waals surface area (Å²) >= 11 is 0. The van der Waals surface area contributed by atoms with Crippen LogP contribution in [0.1, 0.15) is 91.5 Å². The van der Waals surface area contributed by atoms with Gasteiger partial charge in [-0.2, -0.15) is 0 Å². The van der Waals surface area contributed by atoms with Gasteiger partial charge in [-0.3, -0.25) is 9.59 Å². The van der Waals surface area contributed by atoms with Crippen molar-refractivity contribution in [1.82, 2.24) is 10.2 Å². The second-order valence-corrected chi connectivity index (χ2v) is 12.8. The van der Waals surface area contributed by atoms with Crippen molar-refractivity contribution in [1.29, 1.82) is 0 Å². The fraction of sp³-hybridized carbons (Fsp3) is 0.667. The number of carbonyl (C=O) groups is 3. The van der Waals surface area contributed by atoms with Crippen LogP contribution in [-0.2, 0) is 19.2 Å². The molecule has 0 unspecified atom stereocenters. The van der Waals surface area contributed by atoms with E-state index in [1.54, 1.807) is 0 Å². The Labute approximate surface area is 231 Å². The van der Waals surface area contributed by atoms with Crippen LogP contribution in [0.2, 0.25) is 0 Å². The van der Waals surface area contributed by atoms with Gasteiger partial charge in [-0.1, -0.05) is 45.2 Å². The molecule has 2 heterocycles. The predicted octanol–water partition coefficient (Wildman–Crippen LogP) is 4.52. The van der Waals surface area contributed by atoms with Crippen molar-refractivity contribution in [3.63, 3.8) is 0 Å². The summed E-state index contributed by atoms with van der Waals surface area (Å²) in [4.78, 5) is 46.4. The zero-order valence-electron chi connectivity index (χ0n) is 23.9. The molecule has 3 aliphatic rings. The van der Waals surface area contributed by atoms with E-state index in [-0.39, 0.29) is 25.0 Å². The van der Waals surface area contributed by atoms with Crippen LogP contribution in [0, 0.1) is 11.3 Å². The summed E-state index contributed by atoms with van der Waals surface area (Å²) < 4.78 is 5.72. The molecule has 1 aliphatic carbocycles. The van der Waals surface area contributed by atoms with Gasteiger partial charge in [0, 0.05) is 19.3 Å². The number of rotatable bonds is 8. The van der Waals surface area contributed by atoms with Crippen LogP contribution in [0.3, 0.4) is 0 Å². The van der Waals surface area contributed by atoms with Crippen molar-refractivity contribution in [2.45, 2.75) is 110 Å². The van der Waals surface area contributed by atoms with E-state index in [1.807, 2.05) is 58.9 Å². The molecule has 2 N–H and O–H groups in total. The number of carboxylic acid groups (broad SMARTS) is 1. The predicted molar refractivity (Wildman–Crippen MR) is 148 cm³/mol. The highest BCUT2D eigenvalue weighted by Crippen LogP contribution is 2.40. The van der Waals surface area contributed by atoms with Crippen LogP contribution in [-0.4, -0.2) is 63.8 Å². The van der Waals surface area contributed by atoms with Gasteiger partial charge < -0.3 is 24.9 Å². The number of amides is 2. The summed E-state index contributed by atoms with van der Waals surface area (Å²) in [6, 6.07) is 5.65. The Hall–Kier alpha value is -3.10. The number of aliphatic carboxylic acids is 1. The molecule has 214 valence electrons. The van der Waals surface area contributed by atoms with Gasteiger partial charge in [0.25, 0.3) is 0 Å². The Bertz CT molecular complexity index is 1090. The lowest BCUT2D eigenvalue weighted by atomic mass is 9.84. The first-order valence-corrected chi connectivity index (χ1v) is 14.2. The Morgan fingerprint density at radius 1 is 1.15 bits per heavy atom. The van der Waals surface area contributed by atoms with Gasteiger partial charge in [0.05, 0.1) is 18.4 Å². The Morgan fingerprint density at radius 3 is 2.41 bits per heavy atom. The maximum atomic E-state index is 13.9. The molecule has 1 aromatic rings. The highest BCUT2D eigenvalue weighted by Gasteiger charge is 2.55. The standard InChI is InChI=1S/C30H43N3O6/c1-19(2)38-22-13-11-21(12-14-22)23-16-30(39-32-23)17-24(28(36)37)33(18-30)27(35)26(29(3,4)5)31-25(34)15-20-9-7-6-8-10-20/h11-14,19-20,24,26H,6-10,15-18H2,1-5H3,(H,31,34)(H,36,37)/t24-,26+,30+/m0/s1. The Balaban J connectivity index is 1.46. The van der Waals surface area contributed by atoms with Crippen LogP contribution in [0.15, 0.2) is 29.4 Å². The van der Waals surface area contributed by atoms with E-state index in [4.69, 9.17) is 9.57 Å². The molecule has 0 bridgehead atoms. The molecule has 2 aliphatic heterocycles. The molecule has 1 saturated heterocycles. The second kappa shape index (κ2) is 11.6. The number of likely N-dealkylation sites (tertiary alicyclic amines) is 1. The molecular weight excluding hydrogens is 498 g/mol. The van der Waals surface area contributed by atoms with E-state index in [2.05, 4.69) is 10.5 Å². The van der Waals surface area contributed by atoms with E-state index >= 15 is 0 Å². The minimum absolute atomic E-state index is 0.0650. The first kappa shape index (κ1) is 28.9. The van der Waals surface area contributed by atoms with Crippen molar-refractivity contribution < 1.29 is 29.1 Å². The van der Waals surface area contributed by atoms with Crippen molar-refractivity contribution in [2.75, 3.05) is 6.54 Å². The van der Waals surface area contributed by atoms with E-state index in [0.29, 0.717) is 24.5 Å². The zero-order valence-corrected chi connectivity index (χ0v) is 23.9. The van der Waals surface area contributed by atoms with Crippen molar-refractivity contribution in [3.8, 4) is 5.75 Å². The lowest BCUT2D eigenvalue weighted by Crippen LogP contribution is -2.57. The Kier molecular flexibility index (Phi) is 8.57. The number of carbonyl (C=O) groups excluding carboxylic acids is 2. The number of hydrogen-bond acceptors (Lipinski definition) is 6. The molecule has 4 rings (SSSR count).